The Morgan fingerprint density at radius 1 is 1.45 bits per heavy atom. The van der Waals surface area contributed by atoms with Crippen LogP contribution in [0, 0.1) is 4.77 Å². The van der Waals surface area contributed by atoms with Crippen LogP contribution < -0.4 is 10.1 Å². The number of para-hydroxylation sites is 1. The molecule has 5 heteroatoms. The first-order chi connectivity index (χ1) is 9.78. The van der Waals surface area contributed by atoms with E-state index < -0.39 is 0 Å². The van der Waals surface area contributed by atoms with E-state index in [-0.39, 0.29) is 6.04 Å². The number of aromatic amines is 1. The van der Waals surface area contributed by atoms with Crippen LogP contribution in [-0.4, -0.2) is 29.8 Å². The van der Waals surface area contributed by atoms with Gasteiger partial charge < -0.3 is 19.6 Å². The maximum absolute atomic E-state index is 5.84. The third kappa shape index (κ3) is 2.64. The molecule has 1 aromatic carbocycles. The fourth-order valence-electron chi connectivity index (χ4n) is 2.61. The summed E-state index contributed by atoms with van der Waals surface area (Å²) >= 11 is 5.43. The molecule has 2 heterocycles. The van der Waals surface area contributed by atoms with Crippen molar-refractivity contribution in [1.82, 2.24) is 14.9 Å². The maximum atomic E-state index is 5.84. The Labute approximate surface area is 123 Å². The zero-order chi connectivity index (χ0) is 13.9. The van der Waals surface area contributed by atoms with Crippen LogP contribution >= 0.6 is 12.2 Å². The van der Waals surface area contributed by atoms with Gasteiger partial charge in [0.25, 0.3) is 0 Å². The first kappa shape index (κ1) is 13.4. The zero-order valence-electron chi connectivity index (χ0n) is 11.6. The molecule has 0 saturated heterocycles. The summed E-state index contributed by atoms with van der Waals surface area (Å²) in [6.45, 7) is 1.62. The Hall–Kier alpha value is -1.59. The standard InChI is InChI=1S/C15H19N3OS/c1-16-7-6-12-9-18(15(20)17-12)13-8-11-4-2-3-5-14(11)19-10-13/h2-5,9,13,16H,6-8,10H2,1H3,(H,17,20). The number of fused-ring (bicyclic) bond motifs is 1. The number of aromatic nitrogens is 2. The van der Waals surface area contributed by atoms with Crippen molar-refractivity contribution in [2.24, 2.45) is 0 Å². The Bertz CT molecular complexity index is 647. The Morgan fingerprint density at radius 2 is 2.30 bits per heavy atom. The van der Waals surface area contributed by atoms with Gasteiger partial charge in [0.05, 0.1) is 6.04 Å². The quantitative estimate of drug-likeness (QED) is 0.850. The number of hydrogen-bond donors (Lipinski definition) is 2. The van der Waals surface area contributed by atoms with Crippen molar-refractivity contribution in [3.63, 3.8) is 0 Å². The molecule has 2 aromatic rings. The molecule has 1 aliphatic rings. The largest absolute Gasteiger partial charge is 0.491 e. The lowest BCUT2D eigenvalue weighted by atomic mass is 10.0. The predicted molar refractivity (Wildman–Crippen MR) is 81.9 cm³/mol. The van der Waals surface area contributed by atoms with E-state index in [4.69, 9.17) is 17.0 Å². The Balaban J connectivity index is 1.81. The van der Waals surface area contributed by atoms with Gasteiger partial charge in [-0.05, 0) is 30.9 Å². The molecule has 0 spiro atoms. The number of nitrogens with one attached hydrogen (secondary N) is 2. The lowest BCUT2D eigenvalue weighted by Gasteiger charge is -2.26. The normalized spacial score (nSPS) is 17.6. The number of benzene rings is 1. The lowest BCUT2D eigenvalue weighted by molar-refractivity contribution is 0.223. The van der Waals surface area contributed by atoms with Gasteiger partial charge in [0, 0.05) is 31.3 Å². The van der Waals surface area contributed by atoms with Gasteiger partial charge in [-0.3, -0.25) is 0 Å². The third-order valence-corrected chi connectivity index (χ3v) is 4.01. The Morgan fingerprint density at radius 3 is 3.15 bits per heavy atom. The van der Waals surface area contributed by atoms with Gasteiger partial charge in [-0.1, -0.05) is 18.2 Å². The fraction of sp³-hybridized carbons (Fsp3) is 0.400. The summed E-state index contributed by atoms with van der Waals surface area (Å²) in [6, 6.07) is 8.49. The topological polar surface area (TPSA) is 42.0 Å². The molecule has 1 atom stereocenters. The van der Waals surface area contributed by atoms with Crippen LogP contribution in [0.4, 0.5) is 0 Å². The maximum Gasteiger partial charge on any atom is 0.177 e. The molecule has 1 aromatic heterocycles. The van der Waals surface area contributed by atoms with E-state index in [0.717, 1.165) is 29.9 Å². The summed E-state index contributed by atoms with van der Waals surface area (Å²) in [5, 5.41) is 3.15. The van der Waals surface area contributed by atoms with Gasteiger partial charge in [-0.2, -0.15) is 0 Å². The summed E-state index contributed by atoms with van der Waals surface area (Å²) in [6.07, 6.45) is 4.05. The van der Waals surface area contributed by atoms with E-state index in [1.54, 1.807) is 0 Å². The van der Waals surface area contributed by atoms with E-state index in [9.17, 15) is 0 Å². The smallest absolute Gasteiger partial charge is 0.177 e. The molecule has 1 aliphatic heterocycles. The number of imidazole rings is 1. The first-order valence-corrected chi connectivity index (χ1v) is 7.34. The number of nitrogens with zero attached hydrogens (tertiary/aromatic N) is 1. The van der Waals surface area contributed by atoms with Crippen LogP contribution in [0.3, 0.4) is 0 Å². The minimum atomic E-state index is 0.275. The number of H-pyrrole nitrogens is 1. The van der Waals surface area contributed by atoms with Crippen LogP contribution in [-0.2, 0) is 12.8 Å². The summed E-state index contributed by atoms with van der Waals surface area (Å²) in [4.78, 5) is 3.28. The van der Waals surface area contributed by atoms with Gasteiger partial charge in [-0.15, -0.1) is 0 Å². The minimum Gasteiger partial charge on any atom is -0.491 e. The summed E-state index contributed by atoms with van der Waals surface area (Å²) in [5.74, 6) is 1.00. The summed E-state index contributed by atoms with van der Waals surface area (Å²) < 4.78 is 8.76. The van der Waals surface area contributed by atoms with Crippen molar-refractivity contribution in [2.75, 3.05) is 20.2 Å². The van der Waals surface area contributed by atoms with Gasteiger partial charge in [0.2, 0.25) is 0 Å². The highest BCUT2D eigenvalue weighted by Crippen LogP contribution is 2.29. The molecule has 20 heavy (non-hydrogen) atoms. The molecule has 3 rings (SSSR count). The van der Waals surface area contributed by atoms with Crippen molar-refractivity contribution in [3.05, 3.63) is 46.5 Å². The molecule has 1 unspecified atom stereocenters. The molecule has 0 radical (unpaired) electrons. The van der Waals surface area contributed by atoms with Gasteiger partial charge >= 0.3 is 0 Å². The molecular weight excluding hydrogens is 270 g/mol. The van der Waals surface area contributed by atoms with Crippen LogP contribution in [0.25, 0.3) is 0 Å². The van der Waals surface area contributed by atoms with Crippen LogP contribution in [0.2, 0.25) is 0 Å². The number of ether oxygens (including phenoxy) is 1. The highest BCUT2D eigenvalue weighted by molar-refractivity contribution is 7.71. The van der Waals surface area contributed by atoms with E-state index in [0.29, 0.717) is 6.61 Å². The van der Waals surface area contributed by atoms with E-state index in [1.807, 2.05) is 19.2 Å². The molecule has 0 amide bonds. The number of rotatable bonds is 4. The highest BCUT2D eigenvalue weighted by atomic mass is 32.1. The highest BCUT2D eigenvalue weighted by Gasteiger charge is 2.21. The second kappa shape index (κ2) is 5.81. The SMILES string of the molecule is CNCCc1cn(C2COc3ccccc3C2)c(=S)[nH]1. The average Bonchev–Trinajstić information content (AvgIpc) is 2.85. The van der Waals surface area contributed by atoms with Crippen molar-refractivity contribution < 1.29 is 4.74 Å². The predicted octanol–water partition coefficient (Wildman–Crippen LogP) is 2.48. The van der Waals surface area contributed by atoms with E-state index in [1.165, 1.54) is 11.3 Å². The number of hydrogen-bond acceptors (Lipinski definition) is 3. The van der Waals surface area contributed by atoms with Crippen molar-refractivity contribution in [3.8, 4) is 5.75 Å². The second-order valence-electron chi connectivity index (χ2n) is 5.12. The lowest BCUT2D eigenvalue weighted by Crippen LogP contribution is -2.24. The van der Waals surface area contributed by atoms with Crippen LogP contribution in [0.1, 0.15) is 17.3 Å². The Kier molecular flexibility index (Phi) is 3.89. The molecule has 0 saturated carbocycles. The van der Waals surface area contributed by atoms with Crippen molar-refractivity contribution in [2.45, 2.75) is 18.9 Å². The monoisotopic (exact) mass is 289 g/mol. The summed E-state index contributed by atoms with van der Waals surface area (Å²) in [5.41, 5.74) is 2.42. The van der Waals surface area contributed by atoms with Gasteiger partial charge in [0.15, 0.2) is 4.77 Å². The van der Waals surface area contributed by atoms with Crippen LogP contribution in [0.15, 0.2) is 30.5 Å². The molecule has 4 nitrogen and oxygen atoms in total. The summed E-state index contributed by atoms with van der Waals surface area (Å²) in [7, 11) is 1.96. The number of likely N-dealkylation sites (N-methyl/N-ethyl adjacent to an activating group) is 1. The molecular formula is C15H19N3OS. The molecule has 2 N–H and O–H groups in total. The first-order valence-electron chi connectivity index (χ1n) is 6.93. The third-order valence-electron chi connectivity index (χ3n) is 3.69. The van der Waals surface area contributed by atoms with Gasteiger partial charge in [0.1, 0.15) is 12.4 Å². The van der Waals surface area contributed by atoms with Crippen molar-refractivity contribution in [1.29, 1.82) is 0 Å². The molecule has 106 valence electrons. The fourth-order valence-corrected chi connectivity index (χ4v) is 2.94. The average molecular weight is 289 g/mol. The molecule has 0 bridgehead atoms. The van der Waals surface area contributed by atoms with Crippen molar-refractivity contribution >= 4 is 12.2 Å². The van der Waals surface area contributed by atoms with E-state index >= 15 is 0 Å². The zero-order valence-corrected chi connectivity index (χ0v) is 12.4. The molecule has 0 fully saturated rings. The van der Waals surface area contributed by atoms with E-state index in [2.05, 4.69) is 33.2 Å². The van der Waals surface area contributed by atoms with Gasteiger partial charge in [-0.25, -0.2) is 0 Å². The van der Waals surface area contributed by atoms with Crippen LogP contribution in [0.5, 0.6) is 5.75 Å². The second-order valence-corrected chi connectivity index (χ2v) is 5.51. The minimum absolute atomic E-state index is 0.275. The molecule has 0 aliphatic carbocycles.